The lowest BCUT2D eigenvalue weighted by Crippen LogP contribution is -1.99. The van der Waals surface area contributed by atoms with Crippen molar-refractivity contribution in [3.05, 3.63) is 12.2 Å². The summed E-state index contributed by atoms with van der Waals surface area (Å²) in [6.07, 6.45) is 10.2. The Bertz CT molecular complexity index is 415. The van der Waals surface area contributed by atoms with Gasteiger partial charge in [-0.2, -0.15) is 0 Å². The van der Waals surface area contributed by atoms with E-state index < -0.39 is 6.10 Å². The van der Waals surface area contributed by atoms with E-state index in [-0.39, 0.29) is 12.2 Å². The summed E-state index contributed by atoms with van der Waals surface area (Å²) in [7, 11) is 1.53. The fourth-order valence-corrected chi connectivity index (χ4v) is 1.61. The Labute approximate surface area is 128 Å². The highest BCUT2D eigenvalue weighted by Gasteiger charge is 1.94. The summed E-state index contributed by atoms with van der Waals surface area (Å²) >= 11 is 0. The third-order valence-corrected chi connectivity index (χ3v) is 2.81. The zero-order chi connectivity index (χ0) is 15.8. The summed E-state index contributed by atoms with van der Waals surface area (Å²) in [5.74, 6) is 9.68. The van der Waals surface area contributed by atoms with Gasteiger partial charge in [0.1, 0.15) is 6.10 Å². The normalized spacial score (nSPS) is 11.4. The van der Waals surface area contributed by atoms with Crippen molar-refractivity contribution >= 4 is 5.78 Å². The van der Waals surface area contributed by atoms with Crippen molar-refractivity contribution < 1.29 is 14.6 Å². The highest BCUT2D eigenvalue weighted by Crippen LogP contribution is 2.05. The molecule has 0 spiro atoms. The molecule has 0 aliphatic carbocycles. The molecular formula is C18H26O3. The quantitative estimate of drug-likeness (QED) is 0.291. The molecule has 0 fully saturated rings. The van der Waals surface area contributed by atoms with E-state index in [1.165, 1.54) is 32.8 Å². The Hall–Kier alpha value is -1.55. The number of allylic oxidation sites excluding steroid dienone is 1. The number of carbonyl (C=O) groups excluding carboxylic acids is 1. The van der Waals surface area contributed by atoms with E-state index in [0.29, 0.717) is 6.61 Å². The molecule has 0 radical (unpaired) electrons. The van der Waals surface area contributed by atoms with Crippen LogP contribution in [0.25, 0.3) is 0 Å². The van der Waals surface area contributed by atoms with Crippen LogP contribution in [0.1, 0.15) is 51.9 Å². The van der Waals surface area contributed by atoms with Gasteiger partial charge in [-0.15, -0.1) is 0 Å². The monoisotopic (exact) mass is 290 g/mol. The Kier molecular flexibility index (Phi) is 13.8. The van der Waals surface area contributed by atoms with Crippen LogP contribution in [0, 0.1) is 23.7 Å². The summed E-state index contributed by atoms with van der Waals surface area (Å²) in [6.45, 7) is 2.56. The van der Waals surface area contributed by atoms with Crippen LogP contribution in [0.4, 0.5) is 0 Å². The van der Waals surface area contributed by atoms with Crippen molar-refractivity contribution in [2.24, 2.45) is 0 Å². The number of hydrogen-bond acceptors (Lipinski definition) is 3. The molecule has 0 unspecified atom stereocenters. The molecule has 0 aromatic carbocycles. The lowest BCUT2D eigenvalue weighted by Gasteiger charge is -1.96. The van der Waals surface area contributed by atoms with Crippen molar-refractivity contribution in [2.75, 3.05) is 13.7 Å². The Morgan fingerprint density at radius 2 is 2.00 bits per heavy atom. The highest BCUT2D eigenvalue weighted by atomic mass is 16.5. The number of rotatable bonds is 10. The molecule has 0 saturated heterocycles. The van der Waals surface area contributed by atoms with E-state index in [4.69, 9.17) is 4.74 Å². The number of unbranched alkanes of at least 4 members (excludes halogenated alkanes) is 5. The Balaban J connectivity index is 3.83. The smallest absolute Gasteiger partial charge is 0.208 e. The Morgan fingerprint density at radius 1 is 1.24 bits per heavy atom. The first-order valence-corrected chi connectivity index (χ1v) is 7.58. The summed E-state index contributed by atoms with van der Waals surface area (Å²) in [6, 6.07) is 0. The minimum absolute atomic E-state index is 0.205. The van der Waals surface area contributed by atoms with E-state index in [9.17, 15) is 9.90 Å². The van der Waals surface area contributed by atoms with Gasteiger partial charge in [-0.05, 0) is 36.7 Å². The van der Waals surface area contributed by atoms with Crippen LogP contribution >= 0.6 is 0 Å². The molecule has 3 nitrogen and oxygen atoms in total. The van der Waals surface area contributed by atoms with Gasteiger partial charge in [0, 0.05) is 13.5 Å². The summed E-state index contributed by atoms with van der Waals surface area (Å²) in [4.78, 5) is 11.2. The maximum atomic E-state index is 11.2. The van der Waals surface area contributed by atoms with E-state index in [1.807, 2.05) is 6.08 Å². The van der Waals surface area contributed by atoms with E-state index in [1.54, 1.807) is 6.08 Å². The second-order valence-corrected chi connectivity index (χ2v) is 4.76. The van der Waals surface area contributed by atoms with Crippen LogP contribution in [-0.4, -0.2) is 30.7 Å². The first-order chi connectivity index (χ1) is 10.2. The molecule has 0 rings (SSSR count). The van der Waals surface area contributed by atoms with Gasteiger partial charge in [0.25, 0.3) is 0 Å². The topological polar surface area (TPSA) is 46.5 Å². The van der Waals surface area contributed by atoms with Gasteiger partial charge in [-0.1, -0.05) is 44.6 Å². The van der Waals surface area contributed by atoms with Crippen LogP contribution < -0.4 is 0 Å². The minimum atomic E-state index is -0.816. The van der Waals surface area contributed by atoms with Crippen molar-refractivity contribution in [3.63, 3.8) is 0 Å². The van der Waals surface area contributed by atoms with Gasteiger partial charge < -0.3 is 9.84 Å². The SMILES string of the molecule is CCCCCCC/C=C\[C@H](O)C#CC#CC(=O)CCOC. The van der Waals surface area contributed by atoms with Crippen LogP contribution in [-0.2, 0) is 9.53 Å². The van der Waals surface area contributed by atoms with Crippen molar-refractivity contribution in [3.8, 4) is 23.7 Å². The molecule has 0 saturated carbocycles. The molecule has 3 heteroatoms. The van der Waals surface area contributed by atoms with Crippen LogP contribution in [0.3, 0.4) is 0 Å². The van der Waals surface area contributed by atoms with Gasteiger partial charge in [-0.25, -0.2) is 0 Å². The van der Waals surface area contributed by atoms with E-state index in [0.717, 1.165) is 12.8 Å². The first kappa shape index (κ1) is 19.4. The number of aliphatic hydroxyl groups is 1. The van der Waals surface area contributed by atoms with Crippen LogP contribution in [0.5, 0.6) is 0 Å². The molecule has 0 heterocycles. The van der Waals surface area contributed by atoms with Crippen LogP contribution in [0.2, 0.25) is 0 Å². The van der Waals surface area contributed by atoms with E-state index >= 15 is 0 Å². The van der Waals surface area contributed by atoms with Gasteiger partial charge in [0.05, 0.1) is 6.61 Å². The first-order valence-electron chi connectivity index (χ1n) is 7.58. The molecule has 116 valence electrons. The molecular weight excluding hydrogens is 264 g/mol. The third kappa shape index (κ3) is 14.7. The summed E-state index contributed by atoms with van der Waals surface area (Å²) in [5.41, 5.74) is 0. The molecule has 21 heavy (non-hydrogen) atoms. The third-order valence-electron chi connectivity index (χ3n) is 2.81. The average molecular weight is 290 g/mol. The zero-order valence-corrected chi connectivity index (χ0v) is 13.2. The van der Waals surface area contributed by atoms with Crippen LogP contribution in [0.15, 0.2) is 12.2 Å². The maximum Gasteiger partial charge on any atom is 0.208 e. The summed E-state index contributed by atoms with van der Waals surface area (Å²) in [5, 5.41) is 9.56. The number of ketones is 1. The number of aliphatic hydroxyl groups excluding tert-OH is 1. The van der Waals surface area contributed by atoms with Crippen molar-refractivity contribution in [1.29, 1.82) is 0 Å². The molecule has 0 aromatic heterocycles. The predicted molar refractivity (Wildman–Crippen MR) is 85.6 cm³/mol. The fraction of sp³-hybridized carbons (Fsp3) is 0.611. The van der Waals surface area contributed by atoms with Crippen molar-refractivity contribution in [1.82, 2.24) is 0 Å². The van der Waals surface area contributed by atoms with Gasteiger partial charge >= 0.3 is 0 Å². The molecule has 0 bridgehead atoms. The van der Waals surface area contributed by atoms with Crippen molar-refractivity contribution in [2.45, 2.75) is 58.0 Å². The standard InChI is InChI=1S/C18H26O3/c1-3-4-5-6-7-8-9-12-17(19)13-10-11-14-18(20)15-16-21-2/h9,12,17,19H,3-8,15-16H2,1-2H3/b12-9-/t17-/m0/s1. The number of carbonyl (C=O) groups is 1. The van der Waals surface area contributed by atoms with Gasteiger partial charge in [-0.3, -0.25) is 4.79 Å². The predicted octanol–water partition coefficient (Wildman–Crippen LogP) is 2.88. The molecule has 0 aliphatic heterocycles. The number of ether oxygens (including phenoxy) is 1. The number of hydrogen-bond donors (Lipinski definition) is 1. The minimum Gasteiger partial charge on any atom is -0.384 e. The maximum absolute atomic E-state index is 11.2. The van der Waals surface area contributed by atoms with Gasteiger partial charge in [0.2, 0.25) is 5.78 Å². The lowest BCUT2D eigenvalue weighted by atomic mass is 10.1. The largest absolute Gasteiger partial charge is 0.384 e. The summed E-state index contributed by atoms with van der Waals surface area (Å²) < 4.78 is 4.77. The molecule has 0 amide bonds. The van der Waals surface area contributed by atoms with Gasteiger partial charge in [0.15, 0.2) is 0 Å². The zero-order valence-electron chi connectivity index (χ0n) is 13.2. The van der Waals surface area contributed by atoms with E-state index in [2.05, 4.69) is 30.6 Å². The second kappa shape index (κ2) is 14.9. The number of methoxy groups -OCH3 is 1. The lowest BCUT2D eigenvalue weighted by molar-refractivity contribution is -0.114. The Morgan fingerprint density at radius 3 is 2.71 bits per heavy atom. The molecule has 1 N–H and O–H groups in total. The molecule has 0 aliphatic rings. The number of Topliss-reactive ketones (excluding diaryl/α,β-unsaturated/α-hetero) is 1. The second-order valence-electron chi connectivity index (χ2n) is 4.76. The molecule has 1 atom stereocenters. The molecule has 0 aromatic rings. The fourth-order valence-electron chi connectivity index (χ4n) is 1.61. The average Bonchev–Trinajstić information content (AvgIpc) is 2.48. The highest BCUT2D eigenvalue weighted by molar-refractivity contribution is 5.96.